The first-order valence-corrected chi connectivity index (χ1v) is 10.3. The Morgan fingerprint density at radius 3 is 2.48 bits per heavy atom. The van der Waals surface area contributed by atoms with Crippen LogP contribution in [0, 0.1) is 0 Å². The highest BCUT2D eigenvalue weighted by Crippen LogP contribution is 2.24. The van der Waals surface area contributed by atoms with E-state index in [0.29, 0.717) is 22.9 Å². The number of carbonyl (C=O) groups excluding carboxylic acids is 1. The van der Waals surface area contributed by atoms with Crippen molar-refractivity contribution in [3.63, 3.8) is 0 Å². The summed E-state index contributed by atoms with van der Waals surface area (Å²) in [5.41, 5.74) is 0.769. The van der Waals surface area contributed by atoms with Gasteiger partial charge in [0.25, 0.3) is 0 Å². The molecule has 0 bridgehead atoms. The largest absolute Gasteiger partial charge is 0.338 e. The second-order valence-corrected chi connectivity index (χ2v) is 8.69. The van der Waals surface area contributed by atoms with Gasteiger partial charge in [0.1, 0.15) is 0 Å². The number of sulfone groups is 1. The van der Waals surface area contributed by atoms with Crippen LogP contribution < -0.4 is 0 Å². The Morgan fingerprint density at radius 2 is 1.76 bits per heavy atom. The summed E-state index contributed by atoms with van der Waals surface area (Å²) in [4.78, 5) is 14.7. The monoisotopic (exact) mass is 377 g/mol. The third kappa shape index (κ3) is 4.22. The molecular formula is C19H20ClNO3S. The molecular weight excluding hydrogens is 358 g/mol. The Kier molecular flexibility index (Phi) is 5.45. The van der Waals surface area contributed by atoms with Crippen LogP contribution in [0.1, 0.15) is 18.4 Å². The first-order valence-electron chi connectivity index (χ1n) is 8.28. The van der Waals surface area contributed by atoms with Crippen molar-refractivity contribution in [3.05, 3.63) is 65.2 Å². The zero-order valence-electron chi connectivity index (χ0n) is 13.8. The summed E-state index contributed by atoms with van der Waals surface area (Å²) in [6, 6.07) is 15.4. The molecule has 4 nitrogen and oxygen atoms in total. The summed E-state index contributed by atoms with van der Waals surface area (Å²) < 4.78 is 25.2. The normalized spacial score (nSPS) is 17.6. The Balaban J connectivity index is 1.72. The molecule has 0 radical (unpaired) electrons. The first kappa shape index (κ1) is 18.0. The quantitative estimate of drug-likeness (QED) is 0.802. The van der Waals surface area contributed by atoms with Gasteiger partial charge in [-0.3, -0.25) is 4.79 Å². The maximum absolute atomic E-state index is 12.7. The second kappa shape index (κ2) is 7.58. The van der Waals surface area contributed by atoms with E-state index in [-0.39, 0.29) is 24.1 Å². The van der Waals surface area contributed by atoms with Gasteiger partial charge in [-0.1, -0.05) is 48.0 Å². The molecule has 1 unspecified atom stereocenters. The average molecular weight is 378 g/mol. The molecule has 1 atom stereocenters. The number of halogens is 1. The van der Waals surface area contributed by atoms with E-state index in [1.807, 2.05) is 18.2 Å². The van der Waals surface area contributed by atoms with Gasteiger partial charge in [-0.2, -0.15) is 0 Å². The van der Waals surface area contributed by atoms with Crippen LogP contribution in [0.4, 0.5) is 0 Å². The van der Waals surface area contributed by atoms with Crippen LogP contribution in [0.15, 0.2) is 59.5 Å². The molecule has 25 heavy (non-hydrogen) atoms. The Hall–Kier alpha value is -1.85. The van der Waals surface area contributed by atoms with E-state index in [1.54, 1.807) is 41.3 Å². The lowest BCUT2D eigenvalue weighted by Crippen LogP contribution is -2.40. The summed E-state index contributed by atoms with van der Waals surface area (Å²) in [6.07, 6.45) is 1.73. The topological polar surface area (TPSA) is 54.5 Å². The molecule has 0 aliphatic carbocycles. The smallest absolute Gasteiger partial charge is 0.227 e. The third-order valence-electron chi connectivity index (χ3n) is 4.51. The van der Waals surface area contributed by atoms with Gasteiger partial charge in [0.2, 0.25) is 5.91 Å². The Morgan fingerprint density at radius 1 is 1.08 bits per heavy atom. The summed E-state index contributed by atoms with van der Waals surface area (Å²) in [7, 11) is -3.41. The van der Waals surface area contributed by atoms with Gasteiger partial charge in [0, 0.05) is 17.6 Å². The van der Waals surface area contributed by atoms with Crippen LogP contribution in [0.25, 0.3) is 0 Å². The van der Waals surface area contributed by atoms with E-state index >= 15 is 0 Å². The molecule has 1 aliphatic heterocycles. The van der Waals surface area contributed by atoms with E-state index in [2.05, 4.69) is 0 Å². The van der Waals surface area contributed by atoms with Crippen molar-refractivity contribution in [1.82, 2.24) is 4.90 Å². The second-order valence-electron chi connectivity index (χ2n) is 6.25. The lowest BCUT2D eigenvalue weighted by molar-refractivity contribution is -0.130. The highest BCUT2D eigenvalue weighted by Gasteiger charge is 2.33. The van der Waals surface area contributed by atoms with Crippen molar-refractivity contribution in [2.24, 2.45) is 0 Å². The molecule has 2 aromatic carbocycles. The van der Waals surface area contributed by atoms with Crippen LogP contribution in [0.3, 0.4) is 0 Å². The molecule has 1 fully saturated rings. The van der Waals surface area contributed by atoms with E-state index in [9.17, 15) is 13.2 Å². The predicted octanol–water partition coefficient (Wildman–Crippen LogP) is 3.35. The van der Waals surface area contributed by atoms with Gasteiger partial charge in [0.15, 0.2) is 9.84 Å². The minimum absolute atomic E-state index is 0.0364. The number of rotatable bonds is 5. The summed E-state index contributed by atoms with van der Waals surface area (Å²) in [5.74, 6) is -0.107. The van der Waals surface area contributed by atoms with Crippen molar-refractivity contribution in [2.75, 3.05) is 12.3 Å². The van der Waals surface area contributed by atoms with Crippen LogP contribution in [-0.4, -0.2) is 37.6 Å². The van der Waals surface area contributed by atoms with Crippen molar-refractivity contribution < 1.29 is 13.2 Å². The molecule has 0 aromatic heterocycles. The fourth-order valence-corrected chi connectivity index (χ4v) is 5.04. The summed E-state index contributed by atoms with van der Waals surface area (Å²) in [5, 5.41) is 0.559. The van der Waals surface area contributed by atoms with Gasteiger partial charge in [0.05, 0.1) is 17.1 Å². The lowest BCUT2D eigenvalue weighted by Gasteiger charge is -2.25. The first-order chi connectivity index (χ1) is 12.0. The van der Waals surface area contributed by atoms with Gasteiger partial charge in [-0.15, -0.1) is 0 Å². The minimum Gasteiger partial charge on any atom is -0.338 e. The number of likely N-dealkylation sites (tertiary alicyclic amines) is 1. The zero-order chi connectivity index (χ0) is 17.9. The van der Waals surface area contributed by atoms with Crippen LogP contribution in [0.5, 0.6) is 0 Å². The van der Waals surface area contributed by atoms with Crippen molar-refractivity contribution in [1.29, 1.82) is 0 Å². The molecule has 132 valence electrons. The number of hydrogen-bond donors (Lipinski definition) is 0. The highest BCUT2D eigenvalue weighted by atomic mass is 35.5. The number of nitrogens with zero attached hydrogens (tertiary/aromatic N) is 1. The van der Waals surface area contributed by atoms with Crippen LogP contribution >= 0.6 is 11.6 Å². The van der Waals surface area contributed by atoms with Gasteiger partial charge in [-0.05, 0) is 36.6 Å². The maximum Gasteiger partial charge on any atom is 0.227 e. The Bertz CT molecular complexity index is 852. The minimum atomic E-state index is -3.41. The number of amides is 1. The molecule has 3 rings (SSSR count). The van der Waals surface area contributed by atoms with Crippen LogP contribution in [0.2, 0.25) is 5.02 Å². The van der Waals surface area contributed by atoms with Crippen LogP contribution in [-0.2, 0) is 21.1 Å². The molecule has 1 saturated heterocycles. The predicted molar refractivity (Wildman–Crippen MR) is 98.4 cm³/mol. The average Bonchev–Trinajstić information content (AvgIpc) is 3.05. The SMILES string of the molecule is O=C(Cc1ccccc1Cl)N1CCCC1CS(=O)(=O)c1ccccc1. The zero-order valence-corrected chi connectivity index (χ0v) is 15.3. The molecule has 1 amide bonds. The van der Waals surface area contributed by atoms with Crippen molar-refractivity contribution in [2.45, 2.75) is 30.2 Å². The fraction of sp³-hybridized carbons (Fsp3) is 0.316. The summed E-state index contributed by atoms with van der Waals surface area (Å²) in [6.45, 7) is 0.595. The summed E-state index contributed by atoms with van der Waals surface area (Å²) >= 11 is 6.13. The van der Waals surface area contributed by atoms with E-state index in [0.717, 1.165) is 12.0 Å². The maximum atomic E-state index is 12.7. The number of carbonyl (C=O) groups is 1. The highest BCUT2D eigenvalue weighted by molar-refractivity contribution is 7.91. The van der Waals surface area contributed by atoms with Gasteiger partial charge >= 0.3 is 0 Å². The van der Waals surface area contributed by atoms with E-state index < -0.39 is 9.84 Å². The van der Waals surface area contributed by atoms with E-state index in [1.165, 1.54) is 0 Å². The van der Waals surface area contributed by atoms with Crippen molar-refractivity contribution in [3.8, 4) is 0 Å². The fourth-order valence-electron chi connectivity index (χ4n) is 3.22. The molecule has 2 aromatic rings. The molecule has 1 heterocycles. The molecule has 0 N–H and O–H groups in total. The van der Waals surface area contributed by atoms with Crippen molar-refractivity contribution >= 4 is 27.3 Å². The lowest BCUT2D eigenvalue weighted by atomic mass is 10.1. The molecule has 6 heteroatoms. The van der Waals surface area contributed by atoms with Gasteiger partial charge < -0.3 is 4.90 Å². The number of benzene rings is 2. The molecule has 0 spiro atoms. The number of hydrogen-bond acceptors (Lipinski definition) is 3. The standard InChI is InChI=1S/C19H20ClNO3S/c20-18-11-5-4-7-15(18)13-19(22)21-12-6-8-16(21)14-25(23,24)17-9-2-1-3-10-17/h1-5,7,9-11,16H,6,8,12-14H2. The molecule has 1 aliphatic rings. The Labute approximate surface area is 153 Å². The third-order valence-corrected chi connectivity index (χ3v) is 6.69. The van der Waals surface area contributed by atoms with E-state index in [4.69, 9.17) is 11.6 Å². The van der Waals surface area contributed by atoms with Gasteiger partial charge in [-0.25, -0.2) is 8.42 Å². The molecule has 0 saturated carbocycles.